The summed E-state index contributed by atoms with van der Waals surface area (Å²) < 4.78 is 0. The van der Waals surface area contributed by atoms with Crippen molar-refractivity contribution in [1.29, 1.82) is 0 Å². The second-order valence-electron chi connectivity index (χ2n) is 6.35. The van der Waals surface area contributed by atoms with Crippen LogP contribution in [0.1, 0.15) is 17.3 Å². The summed E-state index contributed by atoms with van der Waals surface area (Å²) >= 11 is 7.63. The van der Waals surface area contributed by atoms with E-state index >= 15 is 0 Å². The van der Waals surface area contributed by atoms with Gasteiger partial charge in [0.1, 0.15) is 0 Å². The van der Waals surface area contributed by atoms with Crippen LogP contribution in [0, 0.1) is 0 Å². The zero-order valence-corrected chi connectivity index (χ0v) is 20.3. The summed E-state index contributed by atoms with van der Waals surface area (Å²) in [6.45, 7) is 1.37. The molecular formula is C18H28ClIN6S. The second kappa shape index (κ2) is 11.7. The highest BCUT2D eigenvalue weighted by atomic mass is 127. The molecule has 1 heterocycles. The van der Waals surface area contributed by atoms with Gasteiger partial charge in [-0.25, -0.2) is 4.98 Å². The first-order chi connectivity index (χ1) is 12.4. The molecule has 2 N–H and O–H groups in total. The van der Waals surface area contributed by atoms with Gasteiger partial charge in [-0.15, -0.1) is 35.3 Å². The third-order valence-corrected chi connectivity index (χ3v) is 5.23. The number of hydrogen-bond donors (Lipinski definition) is 2. The van der Waals surface area contributed by atoms with Gasteiger partial charge in [-0.2, -0.15) is 0 Å². The fourth-order valence-electron chi connectivity index (χ4n) is 2.45. The fourth-order valence-corrected chi connectivity index (χ4v) is 3.34. The molecule has 0 bridgehead atoms. The van der Waals surface area contributed by atoms with Crippen LogP contribution >= 0.6 is 46.9 Å². The largest absolute Gasteiger partial charge is 0.354 e. The quantitative estimate of drug-likeness (QED) is 0.331. The Hall–Kier alpha value is -1.10. The van der Waals surface area contributed by atoms with Crippen LogP contribution in [-0.2, 0) is 6.54 Å². The Morgan fingerprint density at radius 3 is 2.37 bits per heavy atom. The first-order valence-corrected chi connectivity index (χ1v) is 9.64. The maximum atomic E-state index is 6.00. The van der Waals surface area contributed by atoms with Crippen molar-refractivity contribution < 1.29 is 0 Å². The van der Waals surface area contributed by atoms with Gasteiger partial charge in [0.15, 0.2) is 11.1 Å². The van der Waals surface area contributed by atoms with Crippen LogP contribution < -0.4 is 15.5 Å². The van der Waals surface area contributed by atoms with Crippen molar-refractivity contribution in [2.45, 2.75) is 12.6 Å². The van der Waals surface area contributed by atoms with Gasteiger partial charge in [0.25, 0.3) is 0 Å². The minimum absolute atomic E-state index is 0. The SMILES string of the molecule is CN=C(NCc1csc(N(C)C)n1)NCC(c1ccc(Cl)cc1)N(C)C.I. The normalized spacial score (nSPS) is 12.5. The second-order valence-corrected chi connectivity index (χ2v) is 7.63. The van der Waals surface area contributed by atoms with E-state index in [2.05, 4.69) is 57.1 Å². The maximum absolute atomic E-state index is 6.00. The minimum Gasteiger partial charge on any atom is -0.354 e. The number of halogens is 2. The van der Waals surface area contributed by atoms with Crippen molar-refractivity contribution >= 4 is 58.0 Å². The Labute approximate surface area is 188 Å². The molecule has 0 aliphatic heterocycles. The maximum Gasteiger partial charge on any atom is 0.191 e. The van der Waals surface area contributed by atoms with Crippen molar-refractivity contribution in [3.63, 3.8) is 0 Å². The Kier molecular flexibility index (Phi) is 10.4. The van der Waals surface area contributed by atoms with E-state index in [1.54, 1.807) is 18.4 Å². The molecule has 9 heteroatoms. The number of benzene rings is 1. The molecule has 0 aliphatic carbocycles. The van der Waals surface area contributed by atoms with Crippen molar-refractivity contribution in [3.8, 4) is 0 Å². The van der Waals surface area contributed by atoms with Gasteiger partial charge in [0.2, 0.25) is 0 Å². The molecule has 0 saturated heterocycles. The fraction of sp³-hybridized carbons (Fsp3) is 0.444. The molecule has 150 valence electrons. The van der Waals surface area contributed by atoms with Crippen molar-refractivity contribution in [1.82, 2.24) is 20.5 Å². The summed E-state index contributed by atoms with van der Waals surface area (Å²) in [5, 5.41) is 10.5. The van der Waals surface area contributed by atoms with Crippen molar-refractivity contribution in [3.05, 3.63) is 45.9 Å². The van der Waals surface area contributed by atoms with Gasteiger partial charge in [0, 0.05) is 38.1 Å². The molecule has 1 aromatic heterocycles. The highest BCUT2D eigenvalue weighted by Crippen LogP contribution is 2.20. The van der Waals surface area contributed by atoms with E-state index in [1.165, 1.54) is 5.56 Å². The summed E-state index contributed by atoms with van der Waals surface area (Å²) in [5.74, 6) is 0.755. The molecule has 0 saturated carbocycles. The lowest BCUT2D eigenvalue weighted by Gasteiger charge is -2.26. The van der Waals surface area contributed by atoms with Crippen molar-refractivity contribution in [2.75, 3.05) is 46.7 Å². The Morgan fingerprint density at radius 2 is 1.85 bits per heavy atom. The van der Waals surface area contributed by atoms with Gasteiger partial charge in [-0.1, -0.05) is 23.7 Å². The number of anilines is 1. The van der Waals surface area contributed by atoms with Crippen LogP contribution in [0.4, 0.5) is 5.13 Å². The summed E-state index contributed by atoms with van der Waals surface area (Å²) in [6.07, 6.45) is 0. The highest BCUT2D eigenvalue weighted by molar-refractivity contribution is 14.0. The van der Waals surface area contributed by atoms with E-state index in [0.717, 1.165) is 28.4 Å². The lowest BCUT2D eigenvalue weighted by atomic mass is 10.1. The standard InChI is InChI=1S/C18H27ClN6S.HI/c1-20-17(21-10-15-12-26-18(23-15)25(4)5)22-11-16(24(2)3)13-6-8-14(19)9-7-13;/h6-9,12,16H,10-11H2,1-5H3,(H2,20,21,22);1H. The number of likely N-dealkylation sites (N-methyl/N-ethyl adjacent to an activating group) is 1. The lowest BCUT2D eigenvalue weighted by molar-refractivity contribution is 0.298. The Balaban J connectivity index is 0.00000364. The van der Waals surface area contributed by atoms with Crippen LogP contribution in [0.5, 0.6) is 0 Å². The molecule has 6 nitrogen and oxygen atoms in total. The van der Waals surface area contributed by atoms with Gasteiger partial charge in [-0.3, -0.25) is 4.99 Å². The number of rotatable bonds is 7. The van der Waals surface area contributed by atoms with E-state index in [4.69, 9.17) is 11.6 Å². The third-order valence-electron chi connectivity index (χ3n) is 3.92. The van der Waals surface area contributed by atoms with Crippen LogP contribution in [0.3, 0.4) is 0 Å². The predicted molar refractivity (Wildman–Crippen MR) is 128 cm³/mol. The van der Waals surface area contributed by atoms with Gasteiger partial charge >= 0.3 is 0 Å². The smallest absolute Gasteiger partial charge is 0.191 e. The zero-order valence-electron chi connectivity index (χ0n) is 16.4. The number of nitrogens with one attached hydrogen (secondary N) is 2. The molecule has 0 spiro atoms. The number of aromatic nitrogens is 1. The highest BCUT2D eigenvalue weighted by Gasteiger charge is 2.15. The Morgan fingerprint density at radius 1 is 1.19 bits per heavy atom. The Bertz CT molecular complexity index is 717. The molecular weight excluding hydrogens is 495 g/mol. The van der Waals surface area contributed by atoms with Gasteiger partial charge < -0.3 is 20.4 Å². The molecule has 2 aromatic rings. The summed E-state index contributed by atoms with van der Waals surface area (Å²) in [7, 11) is 9.89. The average molecular weight is 523 g/mol. The number of thiazole rings is 1. The van der Waals surface area contributed by atoms with Crippen LogP contribution in [0.2, 0.25) is 5.02 Å². The van der Waals surface area contributed by atoms with Crippen LogP contribution in [0.15, 0.2) is 34.6 Å². The number of guanidine groups is 1. The number of nitrogens with zero attached hydrogens (tertiary/aromatic N) is 4. The van der Waals surface area contributed by atoms with E-state index in [0.29, 0.717) is 6.54 Å². The van der Waals surface area contributed by atoms with Crippen LogP contribution in [0.25, 0.3) is 0 Å². The first kappa shape index (κ1) is 23.9. The molecule has 1 atom stereocenters. The van der Waals surface area contributed by atoms with E-state index in [9.17, 15) is 0 Å². The third kappa shape index (κ3) is 7.44. The molecule has 1 aromatic carbocycles. The number of hydrogen-bond acceptors (Lipinski definition) is 5. The molecule has 27 heavy (non-hydrogen) atoms. The lowest BCUT2D eigenvalue weighted by Crippen LogP contribution is -2.41. The van der Waals surface area contributed by atoms with E-state index in [-0.39, 0.29) is 30.0 Å². The zero-order chi connectivity index (χ0) is 19.1. The first-order valence-electron chi connectivity index (χ1n) is 8.39. The predicted octanol–water partition coefficient (Wildman–Crippen LogP) is 3.45. The van der Waals surface area contributed by atoms with E-state index in [1.807, 2.05) is 31.1 Å². The summed E-state index contributed by atoms with van der Waals surface area (Å²) in [4.78, 5) is 13.1. The topological polar surface area (TPSA) is 55.8 Å². The van der Waals surface area contributed by atoms with E-state index < -0.39 is 0 Å². The van der Waals surface area contributed by atoms with Gasteiger partial charge in [-0.05, 0) is 31.8 Å². The minimum atomic E-state index is 0. The average Bonchev–Trinajstić information content (AvgIpc) is 3.08. The molecule has 0 aliphatic rings. The van der Waals surface area contributed by atoms with Crippen molar-refractivity contribution in [2.24, 2.45) is 4.99 Å². The summed E-state index contributed by atoms with van der Waals surface area (Å²) in [5.41, 5.74) is 2.21. The van der Waals surface area contributed by atoms with Gasteiger partial charge in [0.05, 0.1) is 18.3 Å². The molecule has 0 radical (unpaired) electrons. The monoisotopic (exact) mass is 522 g/mol. The molecule has 1 unspecified atom stereocenters. The molecule has 2 rings (SSSR count). The molecule has 0 amide bonds. The summed E-state index contributed by atoms with van der Waals surface area (Å²) in [6, 6.07) is 8.17. The van der Waals surface area contributed by atoms with Crippen LogP contribution in [-0.4, -0.2) is 57.6 Å². The number of aliphatic imine (C=N–C) groups is 1. The molecule has 0 fully saturated rings.